The number of nitrogens with zero attached hydrogens (tertiary/aromatic N) is 7. The van der Waals surface area contributed by atoms with Gasteiger partial charge in [0, 0.05) is 68.4 Å². The number of hydrogen-bond donors (Lipinski definition) is 2. The largest absolute Gasteiger partial charge is 0.494 e. The normalized spacial score (nSPS) is 16.1. The first kappa shape index (κ1) is 27.6. The maximum Gasteiger partial charge on any atom is 0.247 e. The second kappa shape index (κ2) is 12.0. The molecule has 4 heterocycles. The van der Waals surface area contributed by atoms with Crippen LogP contribution in [0.2, 0.25) is 0 Å². The first-order chi connectivity index (χ1) is 19.3. The number of benzene rings is 1. The number of aromatic nitrogens is 4. The van der Waals surface area contributed by atoms with E-state index in [2.05, 4.69) is 56.1 Å². The molecule has 2 aliphatic heterocycles. The fraction of sp³-hybridized carbons (Fsp3) is 0.429. The molecule has 0 radical (unpaired) electrons. The van der Waals surface area contributed by atoms with E-state index in [9.17, 15) is 4.79 Å². The van der Waals surface area contributed by atoms with Crippen molar-refractivity contribution < 1.29 is 14.3 Å². The summed E-state index contributed by atoms with van der Waals surface area (Å²) in [6.45, 7) is 11.2. The Hall–Kier alpha value is -4.00. The van der Waals surface area contributed by atoms with Crippen LogP contribution in [0.3, 0.4) is 0 Å². The number of methoxy groups -OCH3 is 1. The molecule has 1 amide bonds. The number of anilines is 4. The van der Waals surface area contributed by atoms with Gasteiger partial charge in [-0.15, -0.1) is 0 Å². The highest BCUT2D eigenvalue weighted by molar-refractivity contribution is 6.02. The van der Waals surface area contributed by atoms with Gasteiger partial charge in [-0.1, -0.05) is 6.58 Å². The van der Waals surface area contributed by atoms with E-state index in [0.29, 0.717) is 61.2 Å². The average molecular weight is 548 g/mol. The molecule has 0 bridgehead atoms. The number of carbonyl (C=O) groups is 1. The Morgan fingerprint density at radius 3 is 2.73 bits per heavy atom. The van der Waals surface area contributed by atoms with Crippen LogP contribution in [0.5, 0.6) is 5.75 Å². The van der Waals surface area contributed by atoms with Gasteiger partial charge in [0.25, 0.3) is 0 Å². The molecular weight excluding hydrogens is 510 g/mol. The minimum absolute atomic E-state index is 0.302. The lowest BCUT2D eigenvalue weighted by Crippen LogP contribution is -2.56. The first-order valence-electron chi connectivity index (χ1n) is 13.4. The molecule has 12 nitrogen and oxygen atoms in total. The highest BCUT2D eigenvalue weighted by Gasteiger charge is 2.27. The van der Waals surface area contributed by atoms with Crippen LogP contribution in [0.4, 0.5) is 23.0 Å². The molecule has 2 fully saturated rings. The lowest BCUT2D eigenvalue weighted by atomic mass is 10.1. The summed E-state index contributed by atoms with van der Waals surface area (Å²) in [5.74, 6) is 1.35. The third kappa shape index (κ3) is 6.09. The third-order valence-electron chi connectivity index (χ3n) is 7.26. The number of rotatable bonds is 10. The smallest absolute Gasteiger partial charge is 0.247 e. The summed E-state index contributed by atoms with van der Waals surface area (Å²) >= 11 is 0. The first-order valence-corrected chi connectivity index (χ1v) is 13.4. The monoisotopic (exact) mass is 547 g/mol. The van der Waals surface area contributed by atoms with Gasteiger partial charge in [0.15, 0.2) is 5.82 Å². The van der Waals surface area contributed by atoms with Gasteiger partial charge in [-0.25, -0.2) is 9.67 Å². The van der Waals surface area contributed by atoms with Crippen molar-refractivity contribution in [2.75, 3.05) is 76.1 Å². The number of carbonyl (C=O) groups excluding carboxylic acids is 1. The third-order valence-corrected chi connectivity index (χ3v) is 7.26. The zero-order valence-corrected chi connectivity index (χ0v) is 23.6. The van der Waals surface area contributed by atoms with Crippen molar-refractivity contribution in [2.45, 2.75) is 19.5 Å². The molecule has 5 rings (SSSR count). The molecule has 212 valence electrons. The number of hydrogen-bond acceptors (Lipinski definition) is 10. The lowest BCUT2D eigenvalue weighted by Gasteiger charge is -2.41. The van der Waals surface area contributed by atoms with Crippen LogP contribution >= 0.6 is 0 Å². The van der Waals surface area contributed by atoms with Crippen molar-refractivity contribution in [3.63, 3.8) is 0 Å². The Labute approximate surface area is 234 Å². The molecule has 2 saturated heterocycles. The van der Waals surface area contributed by atoms with Crippen LogP contribution < -0.4 is 20.3 Å². The van der Waals surface area contributed by atoms with Crippen molar-refractivity contribution >= 4 is 28.9 Å². The molecular formula is C28H37N9O3. The fourth-order valence-electron chi connectivity index (χ4n) is 4.95. The number of likely N-dealkylation sites (N-methyl/N-ethyl adjacent to an activating group) is 2. The van der Waals surface area contributed by atoms with Gasteiger partial charge in [-0.05, 0) is 33.2 Å². The highest BCUT2D eigenvalue weighted by Crippen LogP contribution is 2.38. The molecule has 0 unspecified atom stereocenters. The molecule has 2 aliphatic rings. The summed E-state index contributed by atoms with van der Waals surface area (Å²) in [4.78, 5) is 28.3. The Morgan fingerprint density at radius 2 is 2.02 bits per heavy atom. The van der Waals surface area contributed by atoms with E-state index in [1.54, 1.807) is 18.0 Å². The van der Waals surface area contributed by atoms with E-state index < -0.39 is 0 Å². The van der Waals surface area contributed by atoms with E-state index in [0.717, 1.165) is 36.4 Å². The average Bonchev–Trinajstić information content (AvgIpc) is 3.40. The zero-order chi connectivity index (χ0) is 28.2. The maximum absolute atomic E-state index is 12.3. The molecule has 12 heteroatoms. The van der Waals surface area contributed by atoms with Crippen LogP contribution in [-0.2, 0) is 16.1 Å². The topological polar surface area (TPSA) is 113 Å². The molecule has 0 spiro atoms. The number of ether oxygens (including phenoxy) is 2. The van der Waals surface area contributed by atoms with E-state index in [-0.39, 0.29) is 5.91 Å². The molecule has 0 atom stereocenters. The summed E-state index contributed by atoms with van der Waals surface area (Å²) in [5, 5.41) is 10.8. The van der Waals surface area contributed by atoms with Gasteiger partial charge in [-0.2, -0.15) is 10.1 Å². The van der Waals surface area contributed by atoms with Crippen molar-refractivity contribution in [2.24, 2.45) is 0 Å². The Kier molecular flexibility index (Phi) is 8.29. The minimum Gasteiger partial charge on any atom is -0.494 e. The van der Waals surface area contributed by atoms with Crippen molar-refractivity contribution in [3.8, 4) is 11.6 Å². The number of amides is 1. The van der Waals surface area contributed by atoms with E-state index in [1.807, 2.05) is 31.5 Å². The molecule has 0 saturated carbocycles. The standard InChI is InChI=1S/C28H37N9O3/c1-6-26(38)31-22-11-23(25(39-5)12-24(22)36-7-9-40-10-8-36)32-28-29-13-19(2)27(33-28)37-16-20(14-30-37)15-35(4)21-17-34(3)18-21/h6,11-14,16,21H,1,7-10,15,17-18H2,2-5H3,(H,31,38)(H,29,32,33). The summed E-state index contributed by atoms with van der Waals surface area (Å²) < 4.78 is 13.0. The van der Waals surface area contributed by atoms with Crippen LogP contribution in [0.1, 0.15) is 11.1 Å². The number of aryl methyl sites for hydroxylation is 1. The Bertz CT molecular complexity index is 1360. The van der Waals surface area contributed by atoms with E-state index in [4.69, 9.17) is 14.5 Å². The van der Waals surface area contributed by atoms with Crippen LogP contribution in [0.25, 0.3) is 5.82 Å². The second-order valence-electron chi connectivity index (χ2n) is 10.3. The molecule has 1 aromatic carbocycles. The molecule has 3 aromatic rings. The van der Waals surface area contributed by atoms with E-state index in [1.165, 1.54) is 6.08 Å². The SMILES string of the molecule is C=CC(=O)Nc1cc(Nc2ncc(C)c(-n3cc(CN(C)C4CN(C)C4)cn3)n2)c(OC)cc1N1CCOCC1. The summed E-state index contributed by atoms with van der Waals surface area (Å²) in [7, 11) is 5.89. The van der Waals surface area contributed by atoms with Crippen molar-refractivity contribution in [1.82, 2.24) is 29.5 Å². The highest BCUT2D eigenvalue weighted by atomic mass is 16.5. The van der Waals surface area contributed by atoms with Gasteiger partial charge in [-0.3, -0.25) is 9.69 Å². The minimum atomic E-state index is -0.302. The van der Waals surface area contributed by atoms with Gasteiger partial charge >= 0.3 is 0 Å². The Morgan fingerprint density at radius 1 is 1.25 bits per heavy atom. The fourth-order valence-corrected chi connectivity index (χ4v) is 4.95. The number of morpholine rings is 1. The van der Waals surface area contributed by atoms with Crippen LogP contribution in [0.15, 0.2) is 43.4 Å². The summed E-state index contributed by atoms with van der Waals surface area (Å²) in [6.07, 6.45) is 6.90. The van der Waals surface area contributed by atoms with Crippen LogP contribution in [-0.4, -0.2) is 102 Å². The summed E-state index contributed by atoms with van der Waals surface area (Å²) in [5.41, 5.74) is 4.09. The van der Waals surface area contributed by atoms with E-state index >= 15 is 0 Å². The Balaban J connectivity index is 1.40. The zero-order valence-electron chi connectivity index (χ0n) is 23.6. The molecule has 2 N–H and O–H groups in total. The van der Waals surface area contributed by atoms with Crippen molar-refractivity contribution in [1.29, 1.82) is 0 Å². The lowest BCUT2D eigenvalue weighted by molar-refractivity contribution is -0.111. The van der Waals surface area contributed by atoms with Crippen LogP contribution in [0, 0.1) is 6.92 Å². The van der Waals surface area contributed by atoms with Gasteiger partial charge in [0.2, 0.25) is 11.9 Å². The number of nitrogens with one attached hydrogen (secondary N) is 2. The number of likely N-dealkylation sites (tertiary alicyclic amines) is 1. The van der Waals surface area contributed by atoms with Gasteiger partial charge in [0.05, 0.1) is 43.6 Å². The predicted octanol–water partition coefficient (Wildman–Crippen LogP) is 2.43. The van der Waals surface area contributed by atoms with Gasteiger partial charge < -0.3 is 29.9 Å². The molecule has 0 aliphatic carbocycles. The van der Waals surface area contributed by atoms with Gasteiger partial charge in [0.1, 0.15) is 5.75 Å². The summed E-state index contributed by atoms with van der Waals surface area (Å²) in [6, 6.07) is 4.29. The quantitative estimate of drug-likeness (QED) is 0.367. The molecule has 2 aromatic heterocycles. The second-order valence-corrected chi connectivity index (χ2v) is 10.3. The predicted molar refractivity (Wildman–Crippen MR) is 155 cm³/mol. The maximum atomic E-state index is 12.3. The van der Waals surface area contributed by atoms with Crippen molar-refractivity contribution in [3.05, 3.63) is 54.5 Å². The molecule has 40 heavy (non-hydrogen) atoms.